The second kappa shape index (κ2) is 7.16. The zero-order chi connectivity index (χ0) is 17.9. The van der Waals surface area contributed by atoms with Crippen molar-refractivity contribution in [1.82, 2.24) is 4.98 Å². The number of rotatable bonds is 4. The molecule has 0 radical (unpaired) electrons. The van der Waals surface area contributed by atoms with Gasteiger partial charge in [0.15, 0.2) is 0 Å². The van der Waals surface area contributed by atoms with Crippen molar-refractivity contribution in [1.29, 1.82) is 0 Å². The standard InChI is InChI=1S/C22H22N2O2/c1-15-20(24-22(26-15)17-9-3-2-4-10-17)14-21(25)23-19-13-7-11-16-8-5-6-12-18(16)19/h2-4,7,9-11,13H,5-6,8,12,14H2,1H3,(H,23,25). The van der Waals surface area contributed by atoms with Gasteiger partial charge in [-0.15, -0.1) is 0 Å². The number of benzene rings is 2. The molecule has 0 atom stereocenters. The van der Waals surface area contributed by atoms with E-state index in [1.165, 1.54) is 24.0 Å². The second-order valence-electron chi connectivity index (χ2n) is 6.76. The van der Waals surface area contributed by atoms with E-state index >= 15 is 0 Å². The van der Waals surface area contributed by atoms with E-state index in [-0.39, 0.29) is 12.3 Å². The van der Waals surface area contributed by atoms with E-state index in [4.69, 9.17) is 4.42 Å². The van der Waals surface area contributed by atoms with Crippen molar-refractivity contribution in [3.63, 3.8) is 0 Å². The predicted molar refractivity (Wildman–Crippen MR) is 102 cm³/mol. The molecule has 1 N–H and O–H groups in total. The Kier molecular flexibility index (Phi) is 4.57. The highest BCUT2D eigenvalue weighted by molar-refractivity contribution is 5.93. The van der Waals surface area contributed by atoms with Gasteiger partial charge in [0.05, 0.1) is 12.1 Å². The van der Waals surface area contributed by atoms with E-state index in [9.17, 15) is 4.79 Å². The minimum Gasteiger partial charge on any atom is -0.441 e. The Labute approximate surface area is 153 Å². The summed E-state index contributed by atoms with van der Waals surface area (Å²) in [6, 6.07) is 15.9. The minimum atomic E-state index is -0.0556. The molecule has 132 valence electrons. The monoisotopic (exact) mass is 346 g/mol. The Hall–Kier alpha value is -2.88. The summed E-state index contributed by atoms with van der Waals surface area (Å²) in [5.41, 5.74) is 5.19. The number of nitrogens with zero attached hydrogens (tertiary/aromatic N) is 1. The van der Waals surface area contributed by atoms with Crippen LogP contribution in [0.5, 0.6) is 0 Å². The molecule has 0 saturated heterocycles. The van der Waals surface area contributed by atoms with Crippen LogP contribution in [0.15, 0.2) is 52.9 Å². The van der Waals surface area contributed by atoms with E-state index in [1.807, 2.05) is 49.4 Å². The van der Waals surface area contributed by atoms with Crippen LogP contribution in [0.1, 0.15) is 35.4 Å². The minimum absolute atomic E-state index is 0.0556. The van der Waals surface area contributed by atoms with Crippen LogP contribution < -0.4 is 5.32 Å². The third-order valence-electron chi connectivity index (χ3n) is 4.91. The highest BCUT2D eigenvalue weighted by Gasteiger charge is 2.17. The Morgan fingerprint density at radius 2 is 1.88 bits per heavy atom. The molecule has 0 bridgehead atoms. The summed E-state index contributed by atoms with van der Waals surface area (Å²) in [6.45, 7) is 1.85. The van der Waals surface area contributed by atoms with Gasteiger partial charge >= 0.3 is 0 Å². The van der Waals surface area contributed by atoms with Crippen molar-refractivity contribution in [3.05, 3.63) is 71.1 Å². The van der Waals surface area contributed by atoms with Crippen molar-refractivity contribution in [2.45, 2.75) is 39.0 Å². The van der Waals surface area contributed by atoms with Gasteiger partial charge in [-0.05, 0) is 61.9 Å². The maximum atomic E-state index is 12.6. The topological polar surface area (TPSA) is 55.1 Å². The molecule has 0 aliphatic heterocycles. The average Bonchev–Trinajstić information content (AvgIpc) is 3.03. The lowest BCUT2D eigenvalue weighted by Crippen LogP contribution is -2.17. The number of fused-ring (bicyclic) bond motifs is 1. The molecule has 1 aliphatic carbocycles. The van der Waals surface area contributed by atoms with Gasteiger partial charge < -0.3 is 9.73 Å². The summed E-state index contributed by atoms with van der Waals surface area (Å²) in [6.07, 6.45) is 4.76. The largest absolute Gasteiger partial charge is 0.441 e. The van der Waals surface area contributed by atoms with Crippen LogP contribution in [0.3, 0.4) is 0 Å². The molecule has 4 heteroatoms. The van der Waals surface area contributed by atoms with Gasteiger partial charge in [-0.1, -0.05) is 30.3 Å². The molecule has 1 amide bonds. The number of hydrogen-bond acceptors (Lipinski definition) is 3. The third kappa shape index (κ3) is 3.40. The van der Waals surface area contributed by atoms with Gasteiger partial charge in [-0.3, -0.25) is 4.79 Å². The number of anilines is 1. The molecule has 2 aromatic carbocycles. The average molecular weight is 346 g/mol. The maximum absolute atomic E-state index is 12.6. The van der Waals surface area contributed by atoms with Crippen LogP contribution in [0.2, 0.25) is 0 Å². The van der Waals surface area contributed by atoms with Gasteiger partial charge in [0.1, 0.15) is 5.76 Å². The molecule has 26 heavy (non-hydrogen) atoms. The lowest BCUT2D eigenvalue weighted by Gasteiger charge is -2.19. The van der Waals surface area contributed by atoms with Gasteiger partial charge in [0.25, 0.3) is 0 Å². The fourth-order valence-electron chi connectivity index (χ4n) is 3.54. The molecule has 1 aliphatic rings. The Morgan fingerprint density at radius 3 is 2.73 bits per heavy atom. The lowest BCUT2D eigenvalue weighted by atomic mass is 9.90. The summed E-state index contributed by atoms with van der Waals surface area (Å²) in [5, 5.41) is 3.07. The van der Waals surface area contributed by atoms with Crippen molar-refractivity contribution >= 4 is 11.6 Å². The number of aromatic nitrogens is 1. The van der Waals surface area contributed by atoms with Crippen molar-refractivity contribution in [2.75, 3.05) is 5.32 Å². The number of oxazole rings is 1. The fraction of sp³-hybridized carbons (Fsp3) is 0.273. The molecule has 1 aromatic heterocycles. The highest BCUT2D eigenvalue weighted by Crippen LogP contribution is 2.28. The molecule has 3 aromatic rings. The van der Waals surface area contributed by atoms with Crippen LogP contribution in [0.4, 0.5) is 5.69 Å². The first kappa shape index (κ1) is 16.6. The van der Waals surface area contributed by atoms with Crippen LogP contribution in [0.25, 0.3) is 11.5 Å². The molecule has 1 heterocycles. The van der Waals surface area contributed by atoms with E-state index < -0.39 is 0 Å². The molecule has 0 fully saturated rings. The summed E-state index contributed by atoms with van der Waals surface area (Å²) in [7, 11) is 0. The van der Waals surface area contributed by atoms with Crippen molar-refractivity contribution in [2.24, 2.45) is 0 Å². The van der Waals surface area contributed by atoms with Crippen LogP contribution in [0, 0.1) is 6.92 Å². The van der Waals surface area contributed by atoms with E-state index in [0.717, 1.165) is 24.1 Å². The van der Waals surface area contributed by atoms with E-state index in [1.54, 1.807) is 0 Å². The Morgan fingerprint density at radius 1 is 1.08 bits per heavy atom. The van der Waals surface area contributed by atoms with E-state index in [2.05, 4.69) is 16.4 Å². The first-order chi connectivity index (χ1) is 12.7. The molecular formula is C22H22N2O2. The quantitative estimate of drug-likeness (QED) is 0.744. The normalized spacial score (nSPS) is 13.3. The fourth-order valence-corrected chi connectivity index (χ4v) is 3.54. The van der Waals surface area contributed by atoms with Gasteiger partial charge in [0, 0.05) is 11.3 Å². The third-order valence-corrected chi connectivity index (χ3v) is 4.91. The summed E-state index contributed by atoms with van der Waals surface area (Å²) >= 11 is 0. The highest BCUT2D eigenvalue weighted by atomic mass is 16.4. The lowest BCUT2D eigenvalue weighted by molar-refractivity contribution is -0.115. The summed E-state index contributed by atoms with van der Waals surface area (Å²) in [4.78, 5) is 17.1. The number of carbonyl (C=O) groups is 1. The van der Waals surface area contributed by atoms with Crippen LogP contribution >= 0.6 is 0 Å². The summed E-state index contributed by atoms with van der Waals surface area (Å²) in [5.74, 6) is 1.19. The summed E-state index contributed by atoms with van der Waals surface area (Å²) < 4.78 is 5.75. The van der Waals surface area contributed by atoms with Crippen molar-refractivity contribution in [3.8, 4) is 11.5 Å². The van der Waals surface area contributed by atoms with Gasteiger partial charge in [-0.25, -0.2) is 4.98 Å². The zero-order valence-corrected chi connectivity index (χ0v) is 14.9. The van der Waals surface area contributed by atoms with Crippen LogP contribution in [-0.4, -0.2) is 10.9 Å². The Balaban J connectivity index is 1.50. The number of hydrogen-bond donors (Lipinski definition) is 1. The molecule has 4 nitrogen and oxygen atoms in total. The molecule has 4 rings (SSSR count). The molecule has 0 spiro atoms. The van der Waals surface area contributed by atoms with Crippen LogP contribution in [-0.2, 0) is 24.1 Å². The van der Waals surface area contributed by atoms with E-state index in [0.29, 0.717) is 17.3 Å². The molecule has 0 unspecified atom stereocenters. The molecular weight excluding hydrogens is 324 g/mol. The number of carbonyl (C=O) groups excluding carboxylic acids is 1. The number of nitrogens with one attached hydrogen (secondary N) is 1. The smallest absolute Gasteiger partial charge is 0.230 e. The number of aryl methyl sites for hydroxylation is 2. The van der Waals surface area contributed by atoms with Gasteiger partial charge in [-0.2, -0.15) is 0 Å². The zero-order valence-electron chi connectivity index (χ0n) is 14.9. The number of amides is 1. The SMILES string of the molecule is Cc1oc(-c2ccccc2)nc1CC(=O)Nc1cccc2c1CCCC2. The maximum Gasteiger partial charge on any atom is 0.230 e. The predicted octanol–water partition coefficient (Wildman–Crippen LogP) is 4.71. The van der Waals surface area contributed by atoms with Crippen molar-refractivity contribution < 1.29 is 9.21 Å². The Bertz CT molecular complexity index is 929. The second-order valence-corrected chi connectivity index (χ2v) is 6.76. The first-order valence-electron chi connectivity index (χ1n) is 9.13. The molecule has 0 saturated carbocycles. The first-order valence-corrected chi connectivity index (χ1v) is 9.13. The van der Waals surface area contributed by atoms with Gasteiger partial charge in [0.2, 0.25) is 11.8 Å².